The van der Waals surface area contributed by atoms with Crippen molar-refractivity contribution in [1.82, 2.24) is 0 Å². The molecule has 1 aromatic carbocycles. The van der Waals surface area contributed by atoms with Crippen molar-refractivity contribution in [1.29, 1.82) is 0 Å². The van der Waals surface area contributed by atoms with Crippen molar-refractivity contribution in [3.05, 3.63) is 17.7 Å². The average molecular weight is 284 g/mol. The topological polar surface area (TPSA) is 83.0 Å². The molecule has 0 amide bonds. The molecule has 0 aliphatic carbocycles. The zero-order chi connectivity index (χ0) is 14.8. The Morgan fingerprint density at radius 2 is 1.55 bits per heavy atom. The number of hydrogen-bond donors (Lipinski definition) is 4. The fourth-order valence-corrected chi connectivity index (χ4v) is 1.80. The zero-order valence-electron chi connectivity index (χ0n) is 12.1. The van der Waals surface area contributed by atoms with Crippen LogP contribution >= 0.6 is 0 Å². The largest absolute Gasteiger partial charge is 0.487 e. The van der Waals surface area contributed by atoms with Gasteiger partial charge in [0.2, 0.25) is 0 Å². The summed E-state index contributed by atoms with van der Waals surface area (Å²) in [6, 6.07) is 3.92. The first-order valence-electron chi connectivity index (χ1n) is 6.68. The molecule has 0 aromatic heterocycles. The van der Waals surface area contributed by atoms with Gasteiger partial charge >= 0.3 is 0 Å². The van der Waals surface area contributed by atoms with E-state index >= 15 is 0 Å². The molecule has 0 fully saturated rings. The quantitative estimate of drug-likeness (QED) is 0.476. The molecule has 20 heavy (non-hydrogen) atoms. The van der Waals surface area contributed by atoms with E-state index in [-0.39, 0.29) is 13.2 Å². The molecule has 1 aromatic rings. The Kier molecular flexibility index (Phi) is 7.79. The average Bonchev–Trinajstić information content (AvgIpc) is 2.44. The maximum atomic E-state index is 8.94. The summed E-state index contributed by atoms with van der Waals surface area (Å²) in [4.78, 5) is 0. The van der Waals surface area contributed by atoms with Gasteiger partial charge in [0, 0.05) is 20.2 Å². The Hall–Kier alpha value is -1.50. The molecule has 0 atom stereocenters. The van der Waals surface area contributed by atoms with Gasteiger partial charge in [0.1, 0.15) is 6.61 Å². The van der Waals surface area contributed by atoms with Crippen LogP contribution in [0.2, 0.25) is 0 Å². The van der Waals surface area contributed by atoms with Crippen LogP contribution in [0.5, 0.6) is 5.75 Å². The van der Waals surface area contributed by atoms with Crippen molar-refractivity contribution < 1.29 is 19.7 Å². The van der Waals surface area contributed by atoms with Gasteiger partial charge < -0.3 is 30.3 Å². The second-order valence-corrected chi connectivity index (χ2v) is 4.33. The molecule has 6 heteroatoms. The van der Waals surface area contributed by atoms with Gasteiger partial charge in [0.25, 0.3) is 0 Å². The maximum Gasteiger partial charge on any atom is 0.165 e. The lowest BCUT2D eigenvalue weighted by atomic mass is 10.1. The Morgan fingerprint density at radius 3 is 2.00 bits per heavy atom. The normalized spacial score (nSPS) is 10.4. The van der Waals surface area contributed by atoms with Crippen molar-refractivity contribution in [2.45, 2.75) is 6.92 Å². The van der Waals surface area contributed by atoms with Gasteiger partial charge in [-0.25, -0.2) is 0 Å². The van der Waals surface area contributed by atoms with Gasteiger partial charge in [-0.1, -0.05) is 0 Å². The zero-order valence-corrected chi connectivity index (χ0v) is 12.1. The summed E-state index contributed by atoms with van der Waals surface area (Å²) in [5.74, 6) is 0.676. The van der Waals surface area contributed by atoms with Crippen molar-refractivity contribution in [2.24, 2.45) is 0 Å². The molecule has 0 spiro atoms. The number of anilines is 2. The Morgan fingerprint density at radius 1 is 1.00 bits per heavy atom. The summed E-state index contributed by atoms with van der Waals surface area (Å²) in [7, 11) is 1.62. The highest BCUT2D eigenvalue weighted by Crippen LogP contribution is 2.35. The SMILES string of the molecule is COCCOc1c(NCCO)cc(C)cc1NCCO. The summed E-state index contributed by atoms with van der Waals surface area (Å²) < 4.78 is 10.7. The predicted molar refractivity (Wildman–Crippen MR) is 79.7 cm³/mol. The summed E-state index contributed by atoms with van der Waals surface area (Å²) in [5, 5.41) is 24.1. The molecule has 1 rings (SSSR count). The van der Waals surface area contributed by atoms with Crippen molar-refractivity contribution in [3.63, 3.8) is 0 Å². The molecule has 4 N–H and O–H groups in total. The molecule has 0 heterocycles. The van der Waals surface area contributed by atoms with Crippen LogP contribution in [0.3, 0.4) is 0 Å². The van der Waals surface area contributed by atoms with Gasteiger partial charge in [-0.3, -0.25) is 0 Å². The third kappa shape index (κ3) is 5.24. The van der Waals surface area contributed by atoms with E-state index < -0.39 is 0 Å². The van der Waals surface area contributed by atoms with Crippen LogP contribution in [0, 0.1) is 6.92 Å². The van der Waals surface area contributed by atoms with Crippen LogP contribution in [0.15, 0.2) is 12.1 Å². The number of aryl methyl sites for hydroxylation is 1. The fraction of sp³-hybridized carbons (Fsp3) is 0.571. The van der Waals surface area contributed by atoms with Gasteiger partial charge in [-0.15, -0.1) is 0 Å². The van der Waals surface area contributed by atoms with Crippen LogP contribution in [0.4, 0.5) is 11.4 Å². The van der Waals surface area contributed by atoms with Gasteiger partial charge in [-0.2, -0.15) is 0 Å². The summed E-state index contributed by atoms with van der Waals surface area (Å²) in [6.07, 6.45) is 0. The fourth-order valence-electron chi connectivity index (χ4n) is 1.80. The van der Waals surface area contributed by atoms with E-state index in [9.17, 15) is 0 Å². The molecule has 0 saturated carbocycles. The maximum absolute atomic E-state index is 8.94. The van der Waals surface area contributed by atoms with Crippen LogP contribution in [-0.2, 0) is 4.74 Å². The van der Waals surface area contributed by atoms with Crippen LogP contribution in [-0.4, -0.2) is 56.8 Å². The van der Waals surface area contributed by atoms with E-state index in [0.29, 0.717) is 32.1 Å². The van der Waals surface area contributed by atoms with E-state index in [4.69, 9.17) is 19.7 Å². The number of benzene rings is 1. The van der Waals surface area contributed by atoms with E-state index in [1.807, 2.05) is 19.1 Å². The van der Waals surface area contributed by atoms with Crippen molar-refractivity contribution in [2.75, 3.05) is 57.3 Å². The number of hydrogen-bond acceptors (Lipinski definition) is 6. The van der Waals surface area contributed by atoms with E-state index in [0.717, 1.165) is 16.9 Å². The number of nitrogens with one attached hydrogen (secondary N) is 2. The molecular formula is C14H24N2O4. The molecule has 0 aliphatic heterocycles. The lowest BCUT2D eigenvalue weighted by molar-refractivity contribution is 0.147. The molecule has 0 bridgehead atoms. The third-order valence-electron chi connectivity index (χ3n) is 2.62. The standard InChI is InChI=1S/C14H24N2O4/c1-11-9-12(15-3-5-17)14(20-8-7-19-2)13(10-11)16-4-6-18/h9-10,15-18H,3-8H2,1-2H3. The molecule has 6 nitrogen and oxygen atoms in total. The van der Waals surface area contributed by atoms with Crippen LogP contribution < -0.4 is 15.4 Å². The highest BCUT2D eigenvalue weighted by molar-refractivity contribution is 5.72. The predicted octanol–water partition coefficient (Wildman–Crippen LogP) is 0.829. The Labute approximate surface area is 119 Å². The van der Waals surface area contributed by atoms with Crippen LogP contribution in [0.25, 0.3) is 0 Å². The minimum atomic E-state index is 0.0465. The van der Waals surface area contributed by atoms with Gasteiger partial charge in [0.15, 0.2) is 5.75 Å². The molecule has 114 valence electrons. The second kappa shape index (κ2) is 9.41. The lowest BCUT2D eigenvalue weighted by Gasteiger charge is -2.18. The number of aliphatic hydroxyl groups is 2. The Bertz CT molecular complexity index is 370. The number of aliphatic hydroxyl groups excluding tert-OH is 2. The second-order valence-electron chi connectivity index (χ2n) is 4.33. The highest BCUT2D eigenvalue weighted by Gasteiger charge is 2.11. The van der Waals surface area contributed by atoms with Gasteiger partial charge in [0.05, 0.1) is 31.2 Å². The smallest absolute Gasteiger partial charge is 0.165 e. The minimum absolute atomic E-state index is 0.0465. The van der Waals surface area contributed by atoms with E-state index in [1.54, 1.807) is 7.11 Å². The van der Waals surface area contributed by atoms with E-state index in [2.05, 4.69) is 10.6 Å². The molecule has 0 unspecified atom stereocenters. The summed E-state index contributed by atoms with van der Waals surface area (Å²) in [5.41, 5.74) is 2.69. The molecule has 0 saturated heterocycles. The van der Waals surface area contributed by atoms with Crippen molar-refractivity contribution in [3.8, 4) is 5.75 Å². The Balaban J connectivity index is 2.94. The minimum Gasteiger partial charge on any atom is -0.487 e. The molecular weight excluding hydrogens is 260 g/mol. The van der Waals surface area contributed by atoms with Crippen molar-refractivity contribution >= 4 is 11.4 Å². The number of rotatable bonds is 10. The summed E-state index contributed by atoms with van der Waals surface area (Å²) in [6.45, 7) is 3.89. The highest BCUT2D eigenvalue weighted by atomic mass is 16.5. The number of methoxy groups -OCH3 is 1. The van der Waals surface area contributed by atoms with Crippen LogP contribution in [0.1, 0.15) is 5.56 Å². The first-order valence-corrected chi connectivity index (χ1v) is 6.68. The molecule has 0 aliphatic rings. The first kappa shape index (κ1) is 16.6. The first-order chi connectivity index (χ1) is 9.72. The molecule has 0 radical (unpaired) electrons. The monoisotopic (exact) mass is 284 g/mol. The van der Waals surface area contributed by atoms with E-state index in [1.165, 1.54) is 0 Å². The third-order valence-corrected chi connectivity index (χ3v) is 2.62. The van der Waals surface area contributed by atoms with Gasteiger partial charge in [-0.05, 0) is 24.6 Å². The number of ether oxygens (including phenoxy) is 2. The summed E-state index contributed by atoms with van der Waals surface area (Å²) >= 11 is 0. The lowest BCUT2D eigenvalue weighted by Crippen LogP contribution is -2.13.